The van der Waals surface area contributed by atoms with Crippen molar-refractivity contribution in [3.63, 3.8) is 0 Å². The summed E-state index contributed by atoms with van der Waals surface area (Å²) < 4.78 is 0. The third kappa shape index (κ3) is 5.11. The van der Waals surface area contributed by atoms with Crippen LogP contribution in [0.4, 0.5) is 0 Å². The van der Waals surface area contributed by atoms with E-state index in [1.54, 1.807) is 0 Å². The van der Waals surface area contributed by atoms with E-state index in [0.717, 1.165) is 25.7 Å². The lowest BCUT2D eigenvalue weighted by Crippen LogP contribution is -2.95. The van der Waals surface area contributed by atoms with Gasteiger partial charge in [-0.05, 0) is 23.7 Å². The molecule has 4 nitrogen and oxygen atoms in total. The zero-order valence-corrected chi connectivity index (χ0v) is 17.0. The maximum Gasteiger partial charge on any atom is 0.211 e. The molecule has 0 aromatic carbocycles. The van der Waals surface area contributed by atoms with Crippen LogP contribution in [-0.2, 0) is 9.59 Å². The molecule has 0 aromatic rings. The summed E-state index contributed by atoms with van der Waals surface area (Å²) in [6.45, 7) is 8.75. The lowest BCUT2D eigenvalue weighted by Gasteiger charge is -2.29. The van der Waals surface area contributed by atoms with Crippen molar-refractivity contribution in [2.45, 2.75) is 104 Å². The Labute approximate surface area is 157 Å². The molecule has 3 fully saturated rings. The Morgan fingerprint density at radius 2 is 1.08 bits per heavy atom. The largest absolute Gasteiger partial charge is 0.299 e. The van der Waals surface area contributed by atoms with Gasteiger partial charge in [0.2, 0.25) is 12.1 Å². The first-order valence-corrected chi connectivity index (χ1v) is 10.4. The van der Waals surface area contributed by atoms with Crippen LogP contribution < -0.4 is 9.98 Å². The van der Waals surface area contributed by atoms with Crippen molar-refractivity contribution >= 4 is 23.0 Å². The maximum absolute atomic E-state index is 12.1. The number of hydrogen-bond donors (Lipinski definition) is 2. The fourth-order valence-electron chi connectivity index (χ4n) is 5.28. The molecular formula is C22H36N2O2+2. The maximum atomic E-state index is 12.1. The number of Topliss-reactive ketones (excluding diaryl/α,β-unsaturated/α-hetero) is 2. The lowest BCUT2D eigenvalue weighted by atomic mass is 9.75. The summed E-state index contributed by atoms with van der Waals surface area (Å²) in [5.74, 6) is 0.719. The molecule has 0 amide bonds. The smallest absolute Gasteiger partial charge is 0.211 e. The van der Waals surface area contributed by atoms with Crippen LogP contribution in [0.1, 0.15) is 91.9 Å². The average molecular weight is 361 g/mol. The van der Waals surface area contributed by atoms with Crippen molar-refractivity contribution in [1.29, 1.82) is 0 Å². The van der Waals surface area contributed by atoms with E-state index in [1.807, 2.05) is 0 Å². The molecule has 144 valence electrons. The van der Waals surface area contributed by atoms with Gasteiger partial charge < -0.3 is 0 Å². The van der Waals surface area contributed by atoms with Gasteiger partial charge in [-0.2, -0.15) is 0 Å². The van der Waals surface area contributed by atoms with Gasteiger partial charge in [-0.25, -0.2) is 9.98 Å². The topological polar surface area (TPSA) is 62.1 Å². The van der Waals surface area contributed by atoms with E-state index in [0.29, 0.717) is 49.3 Å². The molecule has 0 unspecified atom stereocenters. The summed E-state index contributed by atoms with van der Waals surface area (Å²) in [7, 11) is 0. The zero-order valence-electron chi connectivity index (χ0n) is 17.0. The molecule has 4 heteroatoms. The van der Waals surface area contributed by atoms with E-state index in [1.165, 1.54) is 24.3 Å². The van der Waals surface area contributed by atoms with Crippen molar-refractivity contribution in [2.24, 2.45) is 10.8 Å². The van der Waals surface area contributed by atoms with Gasteiger partial charge in [-0.1, -0.05) is 27.7 Å². The van der Waals surface area contributed by atoms with Crippen molar-refractivity contribution < 1.29 is 19.6 Å². The van der Waals surface area contributed by atoms with Gasteiger partial charge in [0.25, 0.3) is 0 Å². The van der Waals surface area contributed by atoms with Crippen LogP contribution in [0.25, 0.3) is 0 Å². The molecule has 3 aliphatic carbocycles. The van der Waals surface area contributed by atoms with Crippen molar-refractivity contribution in [3.8, 4) is 0 Å². The van der Waals surface area contributed by atoms with Crippen LogP contribution in [0.15, 0.2) is 0 Å². The van der Waals surface area contributed by atoms with Crippen LogP contribution in [0.5, 0.6) is 0 Å². The van der Waals surface area contributed by atoms with Gasteiger partial charge in [-0.3, -0.25) is 9.59 Å². The van der Waals surface area contributed by atoms with E-state index in [-0.39, 0.29) is 10.8 Å². The fourth-order valence-corrected chi connectivity index (χ4v) is 5.28. The van der Waals surface area contributed by atoms with Gasteiger partial charge in [0, 0.05) is 38.5 Å². The quantitative estimate of drug-likeness (QED) is 0.769. The molecular weight excluding hydrogens is 324 g/mol. The van der Waals surface area contributed by atoms with Gasteiger partial charge in [0.15, 0.2) is 11.4 Å². The Balaban J connectivity index is 1.78. The first-order valence-electron chi connectivity index (χ1n) is 10.4. The van der Waals surface area contributed by atoms with Crippen LogP contribution in [-0.4, -0.2) is 35.1 Å². The first kappa shape index (κ1) is 19.4. The standard InChI is InChI=1S/C22H34N2O2/c1-21(2)11-15(9-17(25)13-21)23-19-7-5-6-8-20(19)24-16-10-18(26)14-22(3,4)12-16/h19-20H,5-14H2,1-4H3/p+2/t19-,20+. The van der Waals surface area contributed by atoms with Crippen LogP contribution >= 0.6 is 0 Å². The number of ketones is 2. The summed E-state index contributed by atoms with van der Waals surface area (Å²) in [6, 6.07) is 0.737. The molecule has 2 atom stereocenters. The first-order chi connectivity index (χ1) is 12.1. The molecule has 0 bridgehead atoms. The summed E-state index contributed by atoms with van der Waals surface area (Å²) in [6.07, 6.45) is 9.30. The normalized spacial score (nSPS) is 35.1. The highest BCUT2D eigenvalue weighted by Crippen LogP contribution is 2.31. The summed E-state index contributed by atoms with van der Waals surface area (Å²) in [4.78, 5) is 31.7. The van der Waals surface area contributed by atoms with E-state index >= 15 is 0 Å². The van der Waals surface area contributed by atoms with E-state index < -0.39 is 0 Å². The number of rotatable bonds is 2. The van der Waals surface area contributed by atoms with Gasteiger partial charge in [0.1, 0.15) is 11.6 Å². The predicted molar refractivity (Wildman–Crippen MR) is 103 cm³/mol. The number of carbonyl (C=O) groups is 2. The van der Waals surface area contributed by atoms with Crippen molar-refractivity contribution in [3.05, 3.63) is 0 Å². The highest BCUT2D eigenvalue weighted by Gasteiger charge is 2.39. The highest BCUT2D eigenvalue weighted by molar-refractivity contribution is 6.02. The summed E-state index contributed by atoms with van der Waals surface area (Å²) in [5, 5.41) is 0. The predicted octanol–water partition coefficient (Wildman–Crippen LogP) is 0.899. The molecule has 3 rings (SSSR count). The minimum absolute atomic E-state index is 0.0732. The van der Waals surface area contributed by atoms with Gasteiger partial charge in [0.05, 0.1) is 12.8 Å². The number of hydrogen-bond acceptors (Lipinski definition) is 2. The summed E-state index contributed by atoms with van der Waals surface area (Å²) in [5.41, 5.74) is 2.58. The van der Waals surface area contributed by atoms with E-state index in [9.17, 15) is 9.59 Å². The van der Waals surface area contributed by atoms with Crippen LogP contribution in [0, 0.1) is 10.8 Å². The fraction of sp³-hybridized carbons (Fsp3) is 0.818. The third-order valence-corrected chi connectivity index (χ3v) is 6.10. The second-order valence-electron chi connectivity index (χ2n) is 10.5. The zero-order chi connectivity index (χ0) is 18.9. The molecule has 0 saturated heterocycles. The molecule has 0 heterocycles. The average Bonchev–Trinajstić information content (AvgIpc) is 2.45. The Hall–Kier alpha value is -1.32. The molecule has 26 heavy (non-hydrogen) atoms. The summed E-state index contributed by atoms with van der Waals surface area (Å²) >= 11 is 0. The lowest BCUT2D eigenvalue weighted by molar-refractivity contribution is -0.611. The van der Waals surface area contributed by atoms with Crippen molar-refractivity contribution in [1.82, 2.24) is 0 Å². The van der Waals surface area contributed by atoms with Crippen LogP contribution in [0.3, 0.4) is 0 Å². The van der Waals surface area contributed by atoms with E-state index in [2.05, 4.69) is 37.7 Å². The second-order valence-corrected chi connectivity index (χ2v) is 10.5. The Bertz CT molecular complexity index is 587. The molecule has 3 aliphatic rings. The highest BCUT2D eigenvalue weighted by atomic mass is 16.1. The molecule has 0 aliphatic heterocycles. The molecule has 0 radical (unpaired) electrons. The monoisotopic (exact) mass is 360 g/mol. The molecule has 3 saturated carbocycles. The third-order valence-electron chi connectivity index (χ3n) is 6.10. The Morgan fingerprint density at radius 1 is 0.692 bits per heavy atom. The number of carbonyl (C=O) groups excluding carboxylic acids is 2. The Morgan fingerprint density at radius 3 is 1.42 bits per heavy atom. The van der Waals surface area contributed by atoms with E-state index in [4.69, 9.17) is 0 Å². The molecule has 0 spiro atoms. The SMILES string of the molecule is CC1(C)CC(=O)CC(=[NH+][C@H]2CCCC[C@H]2[NH+]=C2CC(=O)CC(C)(C)C2)C1. The number of nitrogens with one attached hydrogen (secondary N) is 2. The molecule has 2 N–H and O–H groups in total. The van der Waals surface area contributed by atoms with Crippen LogP contribution in [0.2, 0.25) is 0 Å². The van der Waals surface area contributed by atoms with Crippen molar-refractivity contribution in [2.75, 3.05) is 0 Å². The van der Waals surface area contributed by atoms with Gasteiger partial charge >= 0.3 is 0 Å². The molecule has 0 aromatic heterocycles. The van der Waals surface area contributed by atoms with Gasteiger partial charge in [-0.15, -0.1) is 0 Å². The second kappa shape index (κ2) is 7.36. The Kier molecular flexibility index (Phi) is 5.50. The minimum Gasteiger partial charge on any atom is -0.299 e. The minimum atomic E-state index is 0.0732.